The number of rotatable bonds is 9. The normalized spacial score (nSPS) is 11.8. The van der Waals surface area contributed by atoms with Gasteiger partial charge in [0.15, 0.2) is 0 Å². The van der Waals surface area contributed by atoms with Gasteiger partial charge in [-0.2, -0.15) is 0 Å². The van der Waals surface area contributed by atoms with E-state index in [1.165, 1.54) is 29.8 Å². The Kier molecular flexibility index (Phi) is 8.24. The molecule has 8 heteroatoms. The monoisotopic (exact) mass is 521 g/mol. The molecule has 0 saturated carbocycles. The predicted octanol–water partition coefficient (Wildman–Crippen LogP) is 5.09. The smallest absolute Gasteiger partial charge is 0.218 e. The van der Waals surface area contributed by atoms with Gasteiger partial charge in [0.05, 0.1) is 11.4 Å². The third-order valence-electron chi connectivity index (χ3n) is 5.83. The standard InChI is InChI=1S/C28H29FN3O2PS/c1-20(2)27-25(18-35(23-10-6-4-7-11-23)24-12-8-5-9-13-24)28(21-14-16-22(29)17-15-21)32-26(31-27)19-36(33,34)30-3/h4-17,20,30H,18-19H2,1-3H3. The van der Waals surface area contributed by atoms with Crippen molar-refractivity contribution in [1.82, 2.24) is 14.7 Å². The quantitative estimate of drug-likeness (QED) is 0.312. The van der Waals surface area contributed by atoms with Gasteiger partial charge >= 0.3 is 0 Å². The van der Waals surface area contributed by atoms with Crippen molar-refractivity contribution < 1.29 is 12.8 Å². The van der Waals surface area contributed by atoms with Gasteiger partial charge in [0.2, 0.25) is 10.0 Å². The molecule has 0 atom stereocenters. The van der Waals surface area contributed by atoms with E-state index in [0.717, 1.165) is 16.8 Å². The maximum absolute atomic E-state index is 13.8. The molecule has 186 valence electrons. The fourth-order valence-electron chi connectivity index (χ4n) is 4.04. The molecule has 0 radical (unpaired) electrons. The van der Waals surface area contributed by atoms with Gasteiger partial charge in [-0.05, 0) is 55.8 Å². The minimum atomic E-state index is -3.57. The van der Waals surface area contributed by atoms with Crippen LogP contribution in [0.4, 0.5) is 4.39 Å². The summed E-state index contributed by atoms with van der Waals surface area (Å²) in [6.07, 6.45) is 0.669. The number of benzene rings is 3. The first-order valence-electron chi connectivity index (χ1n) is 11.7. The van der Waals surface area contributed by atoms with Crippen LogP contribution in [0.2, 0.25) is 0 Å². The van der Waals surface area contributed by atoms with Crippen molar-refractivity contribution in [3.05, 3.63) is 108 Å². The summed E-state index contributed by atoms with van der Waals surface area (Å²) < 4.78 is 40.8. The van der Waals surface area contributed by atoms with E-state index in [1.807, 2.05) is 50.2 Å². The Hall–Kier alpha value is -2.99. The van der Waals surface area contributed by atoms with Crippen molar-refractivity contribution in [3.8, 4) is 11.3 Å². The van der Waals surface area contributed by atoms with Gasteiger partial charge in [-0.3, -0.25) is 0 Å². The van der Waals surface area contributed by atoms with E-state index in [-0.39, 0.29) is 23.3 Å². The van der Waals surface area contributed by atoms with Gasteiger partial charge in [-0.1, -0.05) is 74.5 Å². The van der Waals surface area contributed by atoms with E-state index in [1.54, 1.807) is 12.1 Å². The molecule has 0 spiro atoms. The summed E-state index contributed by atoms with van der Waals surface area (Å²) in [4.78, 5) is 9.50. The summed E-state index contributed by atoms with van der Waals surface area (Å²) in [5.74, 6) is -0.419. The van der Waals surface area contributed by atoms with Crippen LogP contribution in [0.25, 0.3) is 11.3 Å². The van der Waals surface area contributed by atoms with Gasteiger partial charge < -0.3 is 0 Å². The second-order valence-electron chi connectivity index (χ2n) is 8.73. The van der Waals surface area contributed by atoms with Crippen LogP contribution >= 0.6 is 7.92 Å². The molecular weight excluding hydrogens is 492 g/mol. The van der Waals surface area contributed by atoms with E-state index in [0.29, 0.717) is 11.9 Å². The largest absolute Gasteiger partial charge is 0.236 e. The molecule has 0 aliphatic carbocycles. The van der Waals surface area contributed by atoms with E-state index in [2.05, 4.69) is 29.0 Å². The average molecular weight is 522 g/mol. The van der Waals surface area contributed by atoms with Gasteiger partial charge in [-0.15, -0.1) is 0 Å². The summed E-state index contributed by atoms with van der Waals surface area (Å²) in [7, 11) is -3.00. The Balaban J connectivity index is 1.93. The number of halogens is 1. The zero-order valence-electron chi connectivity index (χ0n) is 20.5. The first-order chi connectivity index (χ1) is 17.3. The lowest BCUT2D eigenvalue weighted by atomic mass is 9.99. The van der Waals surface area contributed by atoms with Crippen molar-refractivity contribution >= 4 is 28.6 Å². The molecule has 0 amide bonds. The molecule has 3 aromatic carbocycles. The minimum absolute atomic E-state index is 0.0293. The van der Waals surface area contributed by atoms with Crippen molar-refractivity contribution in [2.75, 3.05) is 7.05 Å². The summed E-state index contributed by atoms with van der Waals surface area (Å²) in [6, 6.07) is 26.9. The van der Waals surface area contributed by atoms with Crippen molar-refractivity contribution in [3.63, 3.8) is 0 Å². The number of nitrogens with zero attached hydrogens (tertiary/aromatic N) is 2. The second-order valence-corrected chi connectivity index (χ2v) is 12.9. The zero-order chi connectivity index (χ0) is 25.7. The molecule has 5 nitrogen and oxygen atoms in total. The maximum atomic E-state index is 13.8. The fourth-order valence-corrected chi connectivity index (χ4v) is 7.01. The van der Waals surface area contributed by atoms with Crippen LogP contribution in [-0.4, -0.2) is 25.4 Å². The summed E-state index contributed by atoms with van der Waals surface area (Å²) in [6.45, 7) is 4.09. The Morgan fingerprint density at radius 2 is 1.42 bits per heavy atom. The molecule has 36 heavy (non-hydrogen) atoms. The molecule has 0 unspecified atom stereocenters. The number of sulfonamides is 1. The topological polar surface area (TPSA) is 72.0 Å². The zero-order valence-corrected chi connectivity index (χ0v) is 22.2. The molecule has 0 saturated heterocycles. The van der Waals surface area contributed by atoms with E-state index in [4.69, 9.17) is 9.97 Å². The minimum Gasteiger partial charge on any atom is -0.236 e. The van der Waals surface area contributed by atoms with Crippen LogP contribution in [-0.2, 0) is 21.9 Å². The van der Waals surface area contributed by atoms with Crippen LogP contribution < -0.4 is 15.3 Å². The SMILES string of the molecule is CNS(=O)(=O)Cc1nc(-c2ccc(F)cc2)c(CP(c2ccccc2)c2ccccc2)c(C(C)C)n1. The van der Waals surface area contributed by atoms with Gasteiger partial charge in [-0.25, -0.2) is 27.5 Å². The van der Waals surface area contributed by atoms with Crippen LogP contribution in [0.1, 0.15) is 36.8 Å². The highest BCUT2D eigenvalue weighted by Crippen LogP contribution is 2.42. The highest BCUT2D eigenvalue weighted by Gasteiger charge is 2.24. The summed E-state index contributed by atoms with van der Waals surface area (Å²) in [5.41, 5.74) is 3.15. The highest BCUT2D eigenvalue weighted by atomic mass is 32.2. The molecule has 0 bridgehead atoms. The fraction of sp³-hybridized carbons (Fsp3) is 0.214. The number of hydrogen-bond donors (Lipinski definition) is 1. The van der Waals surface area contributed by atoms with Gasteiger partial charge in [0.25, 0.3) is 0 Å². The Labute approximate surface area is 213 Å². The molecule has 0 fully saturated rings. The third kappa shape index (κ3) is 6.22. The highest BCUT2D eigenvalue weighted by molar-refractivity contribution is 7.88. The molecule has 1 aromatic heterocycles. The second kappa shape index (κ2) is 11.4. The van der Waals surface area contributed by atoms with Crippen LogP contribution in [0.3, 0.4) is 0 Å². The first-order valence-corrected chi connectivity index (χ1v) is 14.9. The Morgan fingerprint density at radius 1 is 0.861 bits per heavy atom. The van der Waals surface area contributed by atoms with Gasteiger partial charge in [0, 0.05) is 17.3 Å². The molecule has 1 heterocycles. The number of nitrogens with one attached hydrogen (secondary N) is 1. The lowest BCUT2D eigenvalue weighted by Gasteiger charge is -2.24. The summed E-state index contributed by atoms with van der Waals surface area (Å²) in [5, 5.41) is 2.44. The van der Waals surface area contributed by atoms with Crippen LogP contribution in [0.15, 0.2) is 84.9 Å². The van der Waals surface area contributed by atoms with Crippen LogP contribution in [0, 0.1) is 5.82 Å². The number of hydrogen-bond acceptors (Lipinski definition) is 4. The predicted molar refractivity (Wildman–Crippen MR) is 146 cm³/mol. The van der Waals surface area contributed by atoms with Crippen LogP contribution in [0.5, 0.6) is 0 Å². The Morgan fingerprint density at radius 3 is 1.92 bits per heavy atom. The molecule has 1 N–H and O–H groups in total. The van der Waals surface area contributed by atoms with E-state index < -0.39 is 17.9 Å². The van der Waals surface area contributed by atoms with Gasteiger partial charge in [0.1, 0.15) is 17.4 Å². The van der Waals surface area contributed by atoms with Crippen molar-refractivity contribution in [1.29, 1.82) is 0 Å². The summed E-state index contributed by atoms with van der Waals surface area (Å²) >= 11 is 0. The maximum Gasteiger partial charge on any atom is 0.218 e. The Bertz CT molecular complexity index is 1380. The molecule has 0 aliphatic heterocycles. The molecule has 4 aromatic rings. The third-order valence-corrected chi connectivity index (χ3v) is 9.57. The molecule has 0 aliphatic rings. The van der Waals surface area contributed by atoms with Crippen molar-refractivity contribution in [2.45, 2.75) is 31.7 Å². The van der Waals surface area contributed by atoms with E-state index >= 15 is 0 Å². The first kappa shape index (κ1) is 26.1. The average Bonchev–Trinajstić information content (AvgIpc) is 2.88. The lowest BCUT2D eigenvalue weighted by Crippen LogP contribution is -2.23. The molecule has 4 rings (SSSR count). The lowest BCUT2D eigenvalue weighted by molar-refractivity contribution is 0.585. The number of aromatic nitrogens is 2. The molecular formula is C28H29FN3O2PS. The van der Waals surface area contributed by atoms with Crippen molar-refractivity contribution in [2.24, 2.45) is 0 Å². The van der Waals surface area contributed by atoms with E-state index in [9.17, 15) is 12.8 Å².